The van der Waals surface area contributed by atoms with Crippen LogP contribution in [-0.4, -0.2) is 45.2 Å². The topological polar surface area (TPSA) is 115 Å². The first-order chi connectivity index (χ1) is 18.6. The van der Waals surface area contributed by atoms with Crippen molar-refractivity contribution in [1.82, 2.24) is 15.2 Å². The normalized spacial score (nSPS) is 18.1. The summed E-state index contributed by atoms with van der Waals surface area (Å²) in [6.45, 7) is 0.802. The van der Waals surface area contributed by atoms with Crippen LogP contribution in [0.5, 0.6) is 11.5 Å². The molecule has 1 amide bonds. The van der Waals surface area contributed by atoms with Gasteiger partial charge < -0.3 is 14.6 Å². The fourth-order valence-electron chi connectivity index (χ4n) is 4.31. The van der Waals surface area contributed by atoms with Crippen LogP contribution in [-0.2, 0) is 15.3 Å². The Morgan fingerprint density at radius 3 is 2.63 bits per heavy atom. The minimum absolute atomic E-state index is 0.0617. The molecule has 2 aliphatic heterocycles. The van der Waals surface area contributed by atoms with E-state index in [0.29, 0.717) is 45.9 Å². The van der Waals surface area contributed by atoms with E-state index in [-0.39, 0.29) is 16.5 Å². The first kappa shape index (κ1) is 24.1. The van der Waals surface area contributed by atoms with Gasteiger partial charge in [0.25, 0.3) is 5.78 Å². The molecule has 9 nitrogen and oxygen atoms in total. The van der Waals surface area contributed by atoms with E-state index >= 15 is 0 Å². The Balaban J connectivity index is 1.38. The predicted octanol–water partition coefficient (Wildman–Crippen LogP) is 4.62. The van der Waals surface area contributed by atoms with Gasteiger partial charge in [0, 0.05) is 23.7 Å². The minimum atomic E-state index is -0.933. The van der Waals surface area contributed by atoms with E-state index in [4.69, 9.17) is 9.47 Å². The summed E-state index contributed by atoms with van der Waals surface area (Å²) < 4.78 is 11.9. The average molecular weight is 545 g/mol. The summed E-state index contributed by atoms with van der Waals surface area (Å²) in [5.74, 6) is -0.249. The SMILES string of the molecule is O=C1C(=O)N(c2nnc(SCc3ccccc3)s2)C(c2cccnc2)/C1=C(\O)c1ccc2c(c1)OCCO2. The maximum absolute atomic E-state index is 13.4. The van der Waals surface area contributed by atoms with Crippen LogP contribution >= 0.6 is 23.1 Å². The van der Waals surface area contributed by atoms with Gasteiger partial charge in [0.15, 0.2) is 15.8 Å². The number of anilines is 1. The number of rotatable bonds is 6. The van der Waals surface area contributed by atoms with Gasteiger partial charge in [-0.2, -0.15) is 0 Å². The maximum atomic E-state index is 13.4. The quantitative estimate of drug-likeness (QED) is 0.122. The van der Waals surface area contributed by atoms with E-state index in [1.165, 1.54) is 28.0 Å². The van der Waals surface area contributed by atoms with Crippen molar-refractivity contribution in [2.24, 2.45) is 0 Å². The molecule has 1 fully saturated rings. The molecular formula is C27H20N4O5S2. The van der Waals surface area contributed by atoms with Crippen LogP contribution in [0.25, 0.3) is 5.76 Å². The van der Waals surface area contributed by atoms with E-state index in [1.807, 2.05) is 30.3 Å². The van der Waals surface area contributed by atoms with Gasteiger partial charge in [-0.1, -0.05) is 59.5 Å². The van der Waals surface area contributed by atoms with Crippen molar-refractivity contribution in [3.8, 4) is 11.5 Å². The summed E-state index contributed by atoms with van der Waals surface area (Å²) in [6, 6.07) is 17.4. The van der Waals surface area contributed by atoms with Crippen molar-refractivity contribution in [3.05, 3.63) is 95.3 Å². The van der Waals surface area contributed by atoms with Crippen LogP contribution in [0.2, 0.25) is 0 Å². The Bertz CT molecular complexity index is 1540. The smallest absolute Gasteiger partial charge is 0.301 e. The molecule has 11 heteroatoms. The highest BCUT2D eigenvalue weighted by Crippen LogP contribution is 2.44. The zero-order valence-electron chi connectivity index (χ0n) is 19.8. The van der Waals surface area contributed by atoms with Crippen LogP contribution in [0.4, 0.5) is 5.13 Å². The number of amides is 1. The van der Waals surface area contributed by atoms with Gasteiger partial charge in [-0.25, -0.2) is 0 Å². The fourth-order valence-corrected chi connectivity index (χ4v) is 6.13. The predicted molar refractivity (Wildman–Crippen MR) is 142 cm³/mol. The zero-order valence-corrected chi connectivity index (χ0v) is 21.4. The number of carbonyl (C=O) groups excluding carboxylic acids is 2. The number of aromatic nitrogens is 3. The Hall–Kier alpha value is -4.22. The third kappa shape index (κ3) is 4.50. The number of aliphatic hydroxyl groups is 1. The molecule has 0 saturated carbocycles. The number of Topliss-reactive ketones (excluding diaryl/α,β-unsaturated/α-hetero) is 1. The van der Waals surface area contributed by atoms with Gasteiger partial charge in [0.05, 0.1) is 11.6 Å². The monoisotopic (exact) mass is 544 g/mol. The van der Waals surface area contributed by atoms with Gasteiger partial charge in [0.2, 0.25) is 5.13 Å². The van der Waals surface area contributed by atoms with E-state index in [2.05, 4.69) is 15.2 Å². The molecule has 0 radical (unpaired) electrons. The Morgan fingerprint density at radius 2 is 1.84 bits per heavy atom. The molecule has 4 aromatic rings. The summed E-state index contributed by atoms with van der Waals surface area (Å²) >= 11 is 2.71. The molecule has 4 heterocycles. The van der Waals surface area contributed by atoms with Crippen molar-refractivity contribution in [3.63, 3.8) is 0 Å². The molecule has 1 saturated heterocycles. The fraction of sp³-hybridized carbons (Fsp3) is 0.148. The van der Waals surface area contributed by atoms with E-state index in [0.717, 1.165) is 5.56 Å². The number of fused-ring (bicyclic) bond motifs is 1. The maximum Gasteiger partial charge on any atom is 0.301 e. The van der Waals surface area contributed by atoms with E-state index in [9.17, 15) is 14.7 Å². The van der Waals surface area contributed by atoms with Crippen LogP contribution < -0.4 is 14.4 Å². The first-order valence-corrected chi connectivity index (χ1v) is 13.5. The standard InChI is InChI=1S/C27H20N4O5S2/c32-23(17-8-9-19-20(13-17)36-12-11-35-19)21-22(18-7-4-10-28-14-18)31(25(34)24(21)33)26-29-30-27(38-26)37-15-16-5-2-1-3-6-16/h1-10,13-14,22,32H,11-12,15H2/b23-21+. The lowest BCUT2D eigenvalue weighted by atomic mass is 9.96. The lowest BCUT2D eigenvalue weighted by Gasteiger charge is -2.22. The Labute approximate surface area is 225 Å². The number of aliphatic hydroxyl groups excluding tert-OH is 1. The molecule has 1 atom stereocenters. The highest BCUT2D eigenvalue weighted by atomic mass is 32.2. The van der Waals surface area contributed by atoms with Crippen molar-refractivity contribution in [2.75, 3.05) is 18.1 Å². The molecule has 0 bridgehead atoms. The summed E-state index contributed by atoms with van der Waals surface area (Å²) in [5.41, 5.74) is 1.95. The Morgan fingerprint density at radius 1 is 1.03 bits per heavy atom. The number of hydrogen-bond donors (Lipinski definition) is 1. The lowest BCUT2D eigenvalue weighted by Crippen LogP contribution is -2.29. The molecule has 2 aliphatic rings. The van der Waals surface area contributed by atoms with Crippen molar-refractivity contribution in [1.29, 1.82) is 0 Å². The number of carbonyl (C=O) groups is 2. The summed E-state index contributed by atoms with van der Waals surface area (Å²) in [4.78, 5) is 32.2. The molecular weight excluding hydrogens is 524 g/mol. The molecule has 2 aromatic carbocycles. The number of ether oxygens (including phenoxy) is 2. The summed E-state index contributed by atoms with van der Waals surface area (Å²) in [7, 11) is 0. The van der Waals surface area contributed by atoms with Crippen LogP contribution in [0, 0.1) is 0 Å². The number of pyridine rings is 1. The number of hydrogen-bond acceptors (Lipinski definition) is 10. The second kappa shape index (κ2) is 10.3. The highest BCUT2D eigenvalue weighted by molar-refractivity contribution is 8.00. The number of nitrogens with zero attached hydrogens (tertiary/aromatic N) is 4. The molecule has 2 aromatic heterocycles. The van der Waals surface area contributed by atoms with E-state index in [1.54, 1.807) is 42.7 Å². The molecule has 1 unspecified atom stereocenters. The van der Waals surface area contributed by atoms with Crippen LogP contribution in [0.1, 0.15) is 22.7 Å². The highest BCUT2D eigenvalue weighted by Gasteiger charge is 2.48. The number of ketones is 1. The van der Waals surface area contributed by atoms with Crippen molar-refractivity contribution >= 4 is 45.7 Å². The second-order valence-electron chi connectivity index (χ2n) is 8.44. The Kier molecular flexibility index (Phi) is 6.52. The van der Waals surface area contributed by atoms with Gasteiger partial charge in [-0.05, 0) is 35.4 Å². The van der Waals surface area contributed by atoms with Gasteiger partial charge in [-0.15, -0.1) is 10.2 Å². The molecule has 0 aliphatic carbocycles. The molecule has 190 valence electrons. The molecule has 1 N–H and O–H groups in total. The number of benzene rings is 2. The van der Waals surface area contributed by atoms with Gasteiger partial charge >= 0.3 is 5.91 Å². The minimum Gasteiger partial charge on any atom is -0.507 e. The van der Waals surface area contributed by atoms with Crippen molar-refractivity contribution in [2.45, 2.75) is 16.1 Å². The largest absolute Gasteiger partial charge is 0.507 e. The summed E-state index contributed by atoms with van der Waals surface area (Å²) in [5, 5.41) is 20.1. The number of thioether (sulfide) groups is 1. The third-order valence-electron chi connectivity index (χ3n) is 6.07. The van der Waals surface area contributed by atoms with Gasteiger partial charge in [0.1, 0.15) is 19.0 Å². The van der Waals surface area contributed by atoms with Crippen molar-refractivity contribution < 1.29 is 24.2 Å². The van der Waals surface area contributed by atoms with E-state index < -0.39 is 17.7 Å². The average Bonchev–Trinajstić information content (AvgIpc) is 3.54. The molecule has 0 spiro atoms. The lowest BCUT2D eigenvalue weighted by molar-refractivity contribution is -0.132. The second-order valence-corrected chi connectivity index (χ2v) is 10.6. The van der Waals surface area contributed by atoms with Gasteiger partial charge in [-0.3, -0.25) is 19.5 Å². The van der Waals surface area contributed by atoms with Crippen LogP contribution in [0.15, 0.2) is 83.0 Å². The molecule has 38 heavy (non-hydrogen) atoms. The zero-order chi connectivity index (χ0) is 26.1. The van der Waals surface area contributed by atoms with Crippen LogP contribution in [0.3, 0.4) is 0 Å². The molecule has 6 rings (SSSR count). The first-order valence-electron chi connectivity index (χ1n) is 11.7. The summed E-state index contributed by atoms with van der Waals surface area (Å²) in [6.07, 6.45) is 3.16. The third-order valence-corrected chi connectivity index (χ3v) is 8.19.